The standard InChI is InChI=1S/C12H14FN3O3/c13-12-9(2-1-3-10(12)16(18)19)8-15-6-4-11(17)14-5-7-15/h1-3H,4-8H2,(H,14,17). The van der Waals surface area contributed by atoms with E-state index in [1.165, 1.54) is 12.1 Å². The summed E-state index contributed by atoms with van der Waals surface area (Å²) in [4.78, 5) is 23.0. The van der Waals surface area contributed by atoms with Gasteiger partial charge in [0.2, 0.25) is 11.7 Å². The van der Waals surface area contributed by atoms with E-state index in [4.69, 9.17) is 0 Å². The molecule has 1 heterocycles. The molecule has 0 saturated carbocycles. The van der Waals surface area contributed by atoms with E-state index in [0.717, 1.165) is 6.07 Å². The van der Waals surface area contributed by atoms with Crippen LogP contribution in [0.5, 0.6) is 0 Å². The summed E-state index contributed by atoms with van der Waals surface area (Å²) in [5, 5.41) is 13.4. The molecule has 1 aliphatic heterocycles. The number of nitrogens with zero attached hydrogens (tertiary/aromatic N) is 2. The molecule has 1 N–H and O–H groups in total. The first kappa shape index (κ1) is 13.4. The molecule has 0 unspecified atom stereocenters. The van der Waals surface area contributed by atoms with E-state index in [0.29, 0.717) is 26.1 Å². The number of rotatable bonds is 3. The van der Waals surface area contributed by atoms with Gasteiger partial charge in [-0.3, -0.25) is 19.8 Å². The average Bonchev–Trinajstić information content (AvgIpc) is 2.57. The molecule has 0 aliphatic carbocycles. The number of halogens is 1. The molecule has 0 radical (unpaired) electrons. The van der Waals surface area contributed by atoms with Crippen molar-refractivity contribution in [2.45, 2.75) is 13.0 Å². The van der Waals surface area contributed by atoms with Gasteiger partial charge in [-0.15, -0.1) is 0 Å². The average molecular weight is 267 g/mol. The topological polar surface area (TPSA) is 75.5 Å². The molecule has 0 atom stereocenters. The Bertz CT molecular complexity index is 507. The monoisotopic (exact) mass is 267 g/mol. The number of nitrogens with one attached hydrogen (secondary N) is 1. The summed E-state index contributed by atoms with van der Waals surface area (Å²) in [7, 11) is 0. The van der Waals surface area contributed by atoms with Crippen molar-refractivity contribution < 1.29 is 14.1 Å². The second kappa shape index (κ2) is 5.75. The van der Waals surface area contributed by atoms with Crippen molar-refractivity contribution in [2.75, 3.05) is 19.6 Å². The van der Waals surface area contributed by atoms with Gasteiger partial charge in [-0.2, -0.15) is 4.39 Å². The summed E-state index contributed by atoms with van der Waals surface area (Å²) in [5.74, 6) is -0.821. The maximum atomic E-state index is 13.9. The summed E-state index contributed by atoms with van der Waals surface area (Å²) in [6.45, 7) is 1.90. The Labute approximate surface area is 109 Å². The molecule has 102 valence electrons. The van der Waals surface area contributed by atoms with Gasteiger partial charge in [-0.1, -0.05) is 12.1 Å². The van der Waals surface area contributed by atoms with Crippen molar-refractivity contribution in [1.82, 2.24) is 10.2 Å². The van der Waals surface area contributed by atoms with E-state index in [9.17, 15) is 19.3 Å². The molecular weight excluding hydrogens is 253 g/mol. The summed E-state index contributed by atoms with van der Waals surface area (Å²) in [6, 6.07) is 4.15. The molecule has 1 fully saturated rings. The van der Waals surface area contributed by atoms with Gasteiger partial charge in [0, 0.05) is 44.2 Å². The van der Waals surface area contributed by atoms with Crippen LogP contribution >= 0.6 is 0 Å². The highest BCUT2D eigenvalue weighted by molar-refractivity contribution is 5.76. The highest BCUT2D eigenvalue weighted by atomic mass is 19.1. The molecular formula is C12H14FN3O3. The lowest BCUT2D eigenvalue weighted by molar-refractivity contribution is -0.387. The van der Waals surface area contributed by atoms with Crippen LogP contribution in [-0.2, 0) is 11.3 Å². The maximum Gasteiger partial charge on any atom is 0.305 e. The second-order valence-electron chi connectivity index (χ2n) is 4.38. The van der Waals surface area contributed by atoms with Crippen LogP contribution < -0.4 is 5.32 Å². The largest absolute Gasteiger partial charge is 0.355 e. The minimum atomic E-state index is -0.795. The van der Waals surface area contributed by atoms with E-state index in [1.807, 2.05) is 4.90 Å². The normalized spacial score (nSPS) is 16.8. The third-order valence-corrected chi connectivity index (χ3v) is 3.05. The fourth-order valence-corrected chi connectivity index (χ4v) is 2.04. The SMILES string of the molecule is O=C1CCN(Cc2cccc([N+](=O)[O-])c2F)CCN1. The number of nitro benzene ring substituents is 1. The fraction of sp³-hybridized carbons (Fsp3) is 0.417. The maximum absolute atomic E-state index is 13.9. The Morgan fingerprint density at radius 3 is 2.95 bits per heavy atom. The van der Waals surface area contributed by atoms with Gasteiger partial charge in [-0.05, 0) is 0 Å². The van der Waals surface area contributed by atoms with Crippen molar-refractivity contribution in [3.63, 3.8) is 0 Å². The predicted molar refractivity (Wildman–Crippen MR) is 66.0 cm³/mol. The van der Waals surface area contributed by atoms with E-state index in [2.05, 4.69) is 5.32 Å². The van der Waals surface area contributed by atoms with Crippen LogP contribution in [0.4, 0.5) is 10.1 Å². The van der Waals surface area contributed by atoms with Crippen molar-refractivity contribution in [2.24, 2.45) is 0 Å². The lowest BCUT2D eigenvalue weighted by Gasteiger charge is -2.19. The lowest BCUT2D eigenvalue weighted by atomic mass is 10.1. The number of hydrogen-bond acceptors (Lipinski definition) is 4. The van der Waals surface area contributed by atoms with Crippen LogP contribution in [0.15, 0.2) is 18.2 Å². The summed E-state index contributed by atoms with van der Waals surface area (Å²) < 4.78 is 13.9. The number of hydrogen-bond donors (Lipinski definition) is 1. The van der Waals surface area contributed by atoms with E-state index < -0.39 is 16.4 Å². The highest BCUT2D eigenvalue weighted by Crippen LogP contribution is 2.21. The first-order valence-corrected chi connectivity index (χ1v) is 5.99. The van der Waals surface area contributed by atoms with Crippen LogP contribution in [0, 0.1) is 15.9 Å². The first-order chi connectivity index (χ1) is 9.08. The molecule has 6 nitrogen and oxygen atoms in total. The number of carbonyl (C=O) groups is 1. The quantitative estimate of drug-likeness (QED) is 0.656. The Hall–Kier alpha value is -2.02. The van der Waals surface area contributed by atoms with Gasteiger partial charge in [0.1, 0.15) is 0 Å². The minimum Gasteiger partial charge on any atom is -0.355 e. The first-order valence-electron chi connectivity index (χ1n) is 5.99. The van der Waals surface area contributed by atoms with Crippen LogP contribution in [0.25, 0.3) is 0 Å². The van der Waals surface area contributed by atoms with Crippen molar-refractivity contribution in [1.29, 1.82) is 0 Å². The van der Waals surface area contributed by atoms with Crippen LogP contribution in [0.2, 0.25) is 0 Å². The molecule has 1 amide bonds. The molecule has 1 aromatic rings. The van der Waals surface area contributed by atoms with Gasteiger partial charge < -0.3 is 5.32 Å². The Balaban J connectivity index is 2.12. The van der Waals surface area contributed by atoms with Crippen molar-refractivity contribution in [3.8, 4) is 0 Å². The predicted octanol–water partition coefficient (Wildman–Crippen LogP) is 1.06. The smallest absolute Gasteiger partial charge is 0.305 e. The second-order valence-corrected chi connectivity index (χ2v) is 4.38. The molecule has 1 aromatic carbocycles. The molecule has 1 saturated heterocycles. The molecule has 7 heteroatoms. The molecule has 0 bridgehead atoms. The van der Waals surface area contributed by atoms with E-state index >= 15 is 0 Å². The Morgan fingerprint density at radius 2 is 2.21 bits per heavy atom. The fourth-order valence-electron chi connectivity index (χ4n) is 2.04. The zero-order valence-electron chi connectivity index (χ0n) is 10.3. The van der Waals surface area contributed by atoms with Gasteiger partial charge >= 0.3 is 5.69 Å². The zero-order chi connectivity index (χ0) is 13.8. The zero-order valence-corrected chi connectivity index (χ0v) is 10.3. The molecule has 19 heavy (non-hydrogen) atoms. The number of carbonyl (C=O) groups excluding carboxylic acids is 1. The van der Waals surface area contributed by atoms with E-state index in [-0.39, 0.29) is 18.0 Å². The number of nitro groups is 1. The minimum absolute atomic E-state index is 0.0259. The number of amides is 1. The lowest BCUT2D eigenvalue weighted by Crippen LogP contribution is -2.28. The third kappa shape index (κ3) is 3.25. The van der Waals surface area contributed by atoms with Gasteiger partial charge in [0.15, 0.2) is 0 Å². The van der Waals surface area contributed by atoms with Gasteiger partial charge in [0.05, 0.1) is 4.92 Å². The van der Waals surface area contributed by atoms with Gasteiger partial charge in [-0.25, -0.2) is 0 Å². The van der Waals surface area contributed by atoms with Crippen LogP contribution in [0.3, 0.4) is 0 Å². The Morgan fingerprint density at radius 1 is 1.42 bits per heavy atom. The van der Waals surface area contributed by atoms with Crippen molar-refractivity contribution in [3.05, 3.63) is 39.7 Å². The third-order valence-electron chi connectivity index (χ3n) is 3.05. The number of benzene rings is 1. The molecule has 2 rings (SSSR count). The molecule has 0 spiro atoms. The summed E-state index contributed by atoms with van der Waals surface area (Å²) in [6.07, 6.45) is 0.358. The Kier molecular flexibility index (Phi) is 4.06. The molecule has 1 aliphatic rings. The molecule has 0 aromatic heterocycles. The van der Waals surface area contributed by atoms with Gasteiger partial charge in [0.25, 0.3) is 0 Å². The van der Waals surface area contributed by atoms with Crippen molar-refractivity contribution >= 4 is 11.6 Å². The summed E-state index contributed by atoms with van der Waals surface area (Å²) >= 11 is 0. The van der Waals surface area contributed by atoms with E-state index in [1.54, 1.807) is 0 Å². The summed E-state index contributed by atoms with van der Waals surface area (Å²) in [5.41, 5.74) is -0.231. The van der Waals surface area contributed by atoms with Crippen LogP contribution in [0.1, 0.15) is 12.0 Å². The highest BCUT2D eigenvalue weighted by Gasteiger charge is 2.20. The van der Waals surface area contributed by atoms with Crippen LogP contribution in [-0.4, -0.2) is 35.4 Å².